The van der Waals surface area contributed by atoms with Crippen molar-refractivity contribution < 1.29 is 8.42 Å². The molecule has 0 aliphatic carbocycles. The van der Waals surface area contributed by atoms with Crippen molar-refractivity contribution in [3.8, 4) is 6.07 Å². The Kier molecular flexibility index (Phi) is 4.01. The van der Waals surface area contributed by atoms with E-state index < -0.39 is 10.0 Å². The van der Waals surface area contributed by atoms with Gasteiger partial charge in [-0.1, -0.05) is 18.2 Å². The standard InChI is InChI=1S/C16H16N2O2S/c1-12-8-13(2)10-15(9-12)18(3)21(19,20)16-7-5-4-6-14(16)11-17/h4-10H,1-3H3. The van der Waals surface area contributed by atoms with Gasteiger partial charge < -0.3 is 0 Å². The van der Waals surface area contributed by atoms with Crippen LogP contribution < -0.4 is 4.31 Å². The van der Waals surface area contributed by atoms with E-state index in [2.05, 4.69) is 0 Å². The van der Waals surface area contributed by atoms with Crippen LogP contribution in [0.25, 0.3) is 0 Å². The lowest BCUT2D eigenvalue weighted by atomic mass is 10.1. The molecule has 0 fully saturated rings. The predicted molar refractivity (Wildman–Crippen MR) is 82.7 cm³/mol. The maximum Gasteiger partial charge on any atom is 0.265 e. The molecule has 2 aromatic carbocycles. The summed E-state index contributed by atoms with van der Waals surface area (Å²) in [6.45, 7) is 3.83. The van der Waals surface area contributed by atoms with E-state index in [-0.39, 0.29) is 10.5 Å². The number of aryl methyl sites for hydroxylation is 2. The van der Waals surface area contributed by atoms with Gasteiger partial charge in [0, 0.05) is 7.05 Å². The Bertz CT molecular complexity index is 800. The van der Waals surface area contributed by atoms with Crippen LogP contribution in [0.3, 0.4) is 0 Å². The van der Waals surface area contributed by atoms with Gasteiger partial charge in [0.2, 0.25) is 0 Å². The minimum absolute atomic E-state index is 0.0224. The van der Waals surface area contributed by atoms with Gasteiger partial charge in [0.1, 0.15) is 11.0 Å². The first-order valence-corrected chi connectivity index (χ1v) is 7.86. The van der Waals surface area contributed by atoms with Crippen LogP contribution in [0.1, 0.15) is 16.7 Å². The third-order valence-corrected chi connectivity index (χ3v) is 5.06. The summed E-state index contributed by atoms with van der Waals surface area (Å²) in [7, 11) is -2.26. The van der Waals surface area contributed by atoms with Crippen molar-refractivity contribution in [3.63, 3.8) is 0 Å². The van der Waals surface area contributed by atoms with E-state index in [1.807, 2.05) is 26.0 Å². The largest absolute Gasteiger partial charge is 0.269 e. The SMILES string of the molecule is Cc1cc(C)cc(N(C)S(=O)(=O)c2ccccc2C#N)c1. The molecule has 0 aromatic heterocycles. The predicted octanol–water partition coefficient (Wildman–Crippen LogP) is 3.00. The highest BCUT2D eigenvalue weighted by atomic mass is 32.2. The number of nitrogens with zero attached hydrogens (tertiary/aromatic N) is 2. The fourth-order valence-electron chi connectivity index (χ4n) is 2.20. The summed E-state index contributed by atoms with van der Waals surface area (Å²) in [5.41, 5.74) is 2.70. The van der Waals surface area contributed by atoms with Gasteiger partial charge in [-0.15, -0.1) is 0 Å². The topological polar surface area (TPSA) is 61.2 Å². The number of hydrogen-bond acceptors (Lipinski definition) is 3. The monoisotopic (exact) mass is 300 g/mol. The van der Waals surface area contributed by atoms with E-state index in [1.54, 1.807) is 24.3 Å². The fraction of sp³-hybridized carbons (Fsp3) is 0.188. The van der Waals surface area contributed by atoms with Crippen molar-refractivity contribution in [3.05, 3.63) is 59.2 Å². The van der Waals surface area contributed by atoms with Crippen LogP contribution in [0.15, 0.2) is 47.4 Å². The molecule has 0 atom stereocenters. The molecule has 108 valence electrons. The zero-order valence-corrected chi connectivity index (χ0v) is 13.0. The minimum atomic E-state index is -3.76. The van der Waals surface area contributed by atoms with E-state index in [4.69, 9.17) is 5.26 Å². The van der Waals surface area contributed by atoms with Gasteiger partial charge in [-0.05, 0) is 49.2 Å². The number of anilines is 1. The molecule has 0 aliphatic heterocycles. The number of hydrogen-bond donors (Lipinski definition) is 0. The van der Waals surface area contributed by atoms with Gasteiger partial charge in [0.25, 0.3) is 10.0 Å². The molecule has 0 saturated heterocycles. The second-order valence-corrected chi connectivity index (χ2v) is 6.86. The van der Waals surface area contributed by atoms with Crippen LogP contribution in [0.4, 0.5) is 5.69 Å². The summed E-state index contributed by atoms with van der Waals surface area (Å²) < 4.78 is 26.6. The highest BCUT2D eigenvalue weighted by Gasteiger charge is 2.24. The second-order valence-electron chi connectivity index (χ2n) is 4.93. The first kappa shape index (κ1) is 15.1. The summed E-state index contributed by atoms with van der Waals surface area (Å²) in [5.74, 6) is 0. The van der Waals surface area contributed by atoms with Gasteiger partial charge >= 0.3 is 0 Å². The summed E-state index contributed by atoms with van der Waals surface area (Å²) in [6, 6.07) is 13.7. The molecule has 21 heavy (non-hydrogen) atoms. The molecule has 5 heteroatoms. The Labute approximate surface area is 125 Å². The Balaban J connectivity index is 2.56. The molecule has 0 amide bonds. The second kappa shape index (κ2) is 5.58. The molecular formula is C16H16N2O2S. The van der Waals surface area contributed by atoms with Crippen molar-refractivity contribution >= 4 is 15.7 Å². The number of rotatable bonds is 3. The Morgan fingerprint density at radius 1 is 1.05 bits per heavy atom. The molecule has 0 heterocycles. The zero-order valence-electron chi connectivity index (χ0n) is 12.2. The first-order valence-electron chi connectivity index (χ1n) is 6.42. The lowest BCUT2D eigenvalue weighted by Crippen LogP contribution is -2.27. The van der Waals surface area contributed by atoms with Crippen molar-refractivity contribution in [2.24, 2.45) is 0 Å². The highest BCUT2D eigenvalue weighted by molar-refractivity contribution is 7.92. The highest BCUT2D eigenvalue weighted by Crippen LogP contribution is 2.25. The number of nitriles is 1. The lowest BCUT2D eigenvalue weighted by Gasteiger charge is -2.21. The summed E-state index contributed by atoms with van der Waals surface area (Å²) in [4.78, 5) is 0.0224. The van der Waals surface area contributed by atoms with E-state index in [9.17, 15) is 8.42 Å². The summed E-state index contributed by atoms with van der Waals surface area (Å²) in [5, 5.41) is 9.09. The molecule has 0 bridgehead atoms. The molecule has 0 aliphatic rings. The summed E-state index contributed by atoms with van der Waals surface area (Å²) >= 11 is 0. The molecule has 2 rings (SSSR count). The van der Waals surface area contributed by atoms with E-state index >= 15 is 0 Å². The van der Waals surface area contributed by atoms with Crippen LogP contribution in [0, 0.1) is 25.2 Å². The van der Waals surface area contributed by atoms with Gasteiger partial charge in [0.15, 0.2) is 0 Å². The molecular weight excluding hydrogens is 284 g/mol. The number of benzene rings is 2. The first-order chi connectivity index (χ1) is 9.86. The van der Waals surface area contributed by atoms with Crippen molar-refractivity contribution in [2.45, 2.75) is 18.7 Å². The minimum Gasteiger partial charge on any atom is -0.269 e. The van der Waals surface area contributed by atoms with Crippen molar-refractivity contribution in [2.75, 3.05) is 11.4 Å². The average molecular weight is 300 g/mol. The quantitative estimate of drug-likeness (QED) is 0.875. The Hall–Kier alpha value is -2.32. The Morgan fingerprint density at radius 2 is 1.62 bits per heavy atom. The van der Waals surface area contributed by atoms with Crippen LogP contribution in [-0.4, -0.2) is 15.5 Å². The normalized spacial score (nSPS) is 11.0. The van der Waals surface area contributed by atoms with Gasteiger partial charge in [-0.25, -0.2) is 8.42 Å². The fourth-order valence-corrected chi connectivity index (χ4v) is 3.52. The molecule has 0 spiro atoms. The van der Waals surface area contributed by atoms with Crippen molar-refractivity contribution in [1.29, 1.82) is 5.26 Å². The van der Waals surface area contributed by atoms with Gasteiger partial charge in [-0.2, -0.15) is 5.26 Å². The molecule has 0 radical (unpaired) electrons. The van der Waals surface area contributed by atoms with Gasteiger partial charge in [-0.3, -0.25) is 4.31 Å². The van der Waals surface area contributed by atoms with Crippen LogP contribution in [-0.2, 0) is 10.0 Å². The van der Waals surface area contributed by atoms with Gasteiger partial charge in [0.05, 0.1) is 11.3 Å². The van der Waals surface area contributed by atoms with E-state index in [0.29, 0.717) is 5.69 Å². The molecule has 4 nitrogen and oxygen atoms in total. The lowest BCUT2D eigenvalue weighted by molar-refractivity contribution is 0.594. The molecule has 0 unspecified atom stereocenters. The van der Waals surface area contributed by atoms with Crippen LogP contribution in [0.2, 0.25) is 0 Å². The Morgan fingerprint density at radius 3 is 2.19 bits per heavy atom. The van der Waals surface area contributed by atoms with Crippen LogP contribution in [0.5, 0.6) is 0 Å². The van der Waals surface area contributed by atoms with Crippen molar-refractivity contribution in [1.82, 2.24) is 0 Å². The smallest absolute Gasteiger partial charge is 0.265 e. The molecule has 0 N–H and O–H groups in total. The zero-order chi connectivity index (χ0) is 15.6. The molecule has 0 saturated carbocycles. The summed E-state index contributed by atoms with van der Waals surface area (Å²) in [6.07, 6.45) is 0. The van der Waals surface area contributed by atoms with E-state index in [0.717, 1.165) is 11.1 Å². The maximum absolute atomic E-state index is 12.7. The number of sulfonamides is 1. The molecule has 2 aromatic rings. The van der Waals surface area contributed by atoms with Crippen LogP contribution >= 0.6 is 0 Å². The third-order valence-electron chi connectivity index (χ3n) is 3.22. The average Bonchev–Trinajstić information content (AvgIpc) is 2.45. The maximum atomic E-state index is 12.7. The van der Waals surface area contributed by atoms with E-state index in [1.165, 1.54) is 23.5 Å². The third kappa shape index (κ3) is 2.91.